The number of amides is 1. The van der Waals surface area contributed by atoms with Crippen LogP contribution >= 0.6 is 0 Å². The molecule has 5 nitrogen and oxygen atoms in total. The first kappa shape index (κ1) is 21.9. The molecule has 3 rings (SSSR count). The number of imidazole rings is 1. The quantitative estimate of drug-likeness (QED) is 0.403. The summed E-state index contributed by atoms with van der Waals surface area (Å²) in [7, 11) is 1.62. The summed E-state index contributed by atoms with van der Waals surface area (Å²) >= 11 is 0. The third-order valence-electron chi connectivity index (χ3n) is 5.51. The van der Waals surface area contributed by atoms with E-state index >= 15 is 0 Å². The smallest absolute Gasteiger partial charge is 0.251 e. The molecule has 30 heavy (non-hydrogen) atoms. The van der Waals surface area contributed by atoms with Crippen LogP contribution in [0.5, 0.6) is 5.75 Å². The maximum Gasteiger partial charge on any atom is 0.251 e. The van der Waals surface area contributed by atoms with E-state index in [-0.39, 0.29) is 11.9 Å². The maximum absolute atomic E-state index is 12.7. The van der Waals surface area contributed by atoms with Gasteiger partial charge in [0.2, 0.25) is 0 Å². The number of unbranched alkanes of at least 4 members (excludes halogenated alkanes) is 5. The number of nitrogens with zero attached hydrogens (tertiary/aromatic N) is 2. The lowest BCUT2D eigenvalue weighted by Gasteiger charge is -2.16. The zero-order chi connectivity index (χ0) is 21.3. The third kappa shape index (κ3) is 5.41. The SMILES string of the molecule is CCCCCCCCn1c(C(C)NC(=O)c2ccc(OC)cc2)nc2ccccc21. The van der Waals surface area contributed by atoms with Gasteiger partial charge < -0.3 is 14.6 Å². The molecule has 2 aromatic carbocycles. The summed E-state index contributed by atoms with van der Waals surface area (Å²) in [5, 5.41) is 3.11. The van der Waals surface area contributed by atoms with Crippen LogP contribution in [-0.4, -0.2) is 22.6 Å². The molecule has 1 atom stereocenters. The van der Waals surface area contributed by atoms with Gasteiger partial charge in [-0.05, 0) is 49.7 Å². The van der Waals surface area contributed by atoms with E-state index in [4.69, 9.17) is 9.72 Å². The van der Waals surface area contributed by atoms with Crippen molar-refractivity contribution in [1.82, 2.24) is 14.9 Å². The Morgan fingerprint density at radius 2 is 1.73 bits per heavy atom. The minimum absolute atomic E-state index is 0.108. The van der Waals surface area contributed by atoms with Crippen LogP contribution in [0.3, 0.4) is 0 Å². The average Bonchev–Trinajstić information content (AvgIpc) is 3.15. The number of aryl methyl sites for hydroxylation is 1. The van der Waals surface area contributed by atoms with Gasteiger partial charge in [0.1, 0.15) is 11.6 Å². The highest BCUT2D eigenvalue weighted by Gasteiger charge is 2.19. The number of fused-ring (bicyclic) bond motifs is 1. The van der Waals surface area contributed by atoms with Crippen LogP contribution in [0.15, 0.2) is 48.5 Å². The minimum atomic E-state index is -0.188. The fourth-order valence-corrected chi connectivity index (χ4v) is 3.80. The number of ether oxygens (including phenoxy) is 1. The molecule has 0 saturated heterocycles. The Labute approximate surface area is 179 Å². The van der Waals surface area contributed by atoms with Gasteiger partial charge in [-0.15, -0.1) is 0 Å². The summed E-state index contributed by atoms with van der Waals surface area (Å²) in [5.41, 5.74) is 2.72. The Hall–Kier alpha value is -2.82. The van der Waals surface area contributed by atoms with E-state index in [2.05, 4.69) is 22.9 Å². The Kier molecular flexibility index (Phi) is 7.89. The van der Waals surface area contributed by atoms with Gasteiger partial charge in [0, 0.05) is 12.1 Å². The summed E-state index contributed by atoms with van der Waals surface area (Å²) in [6.45, 7) is 5.16. The van der Waals surface area contributed by atoms with Crippen LogP contribution in [0.2, 0.25) is 0 Å². The predicted octanol–water partition coefficient (Wildman–Crippen LogP) is 5.90. The van der Waals surface area contributed by atoms with Crippen molar-refractivity contribution in [1.29, 1.82) is 0 Å². The minimum Gasteiger partial charge on any atom is -0.497 e. The molecule has 1 unspecified atom stereocenters. The van der Waals surface area contributed by atoms with E-state index in [0.29, 0.717) is 5.56 Å². The first-order valence-corrected chi connectivity index (χ1v) is 11.0. The van der Waals surface area contributed by atoms with E-state index in [9.17, 15) is 4.79 Å². The second kappa shape index (κ2) is 10.8. The van der Waals surface area contributed by atoms with Crippen LogP contribution in [0.4, 0.5) is 0 Å². The summed E-state index contributed by atoms with van der Waals surface area (Å²) in [4.78, 5) is 17.6. The first-order valence-electron chi connectivity index (χ1n) is 11.0. The molecule has 1 amide bonds. The lowest BCUT2D eigenvalue weighted by Crippen LogP contribution is -2.28. The van der Waals surface area contributed by atoms with E-state index in [1.54, 1.807) is 31.4 Å². The van der Waals surface area contributed by atoms with Crippen molar-refractivity contribution in [2.75, 3.05) is 7.11 Å². The van der Waals surface area contributed by atoms with Crippen molar-refractivity contribution >= 4 is 16.9 Å². The van der Waals surface area contributed by atoms with Gasteiger partial charge in [0.05, 0.1) is 24.2 Å². The predicted molar refractivity (Wildman–Crippen MR) is 122 cm³/mol. The van der Waals surface area contributed by atoms with Crippen molar-refractivity contribution in [2.24, 2.45) is 0 Å². The van der Waals surface area contributed by atoms with Gasteiger partial charge in [0.25, 0.3) is 5.91 Å². The maximum atomic E-state index is 12.7. The third-order valence-corrected chi connectivity index (χ3v) is 5.51. The van der Waals surface area contributed by atoms with Crippen LogP contribution in [-0.2, 0) is 6.54 Å². The molecule has 0 fully saturated rings. The number of rotatable bonds is 11. The summed E-state index contributed by atoms with van der Waals surface area (Å²) in [6, 6.07) is 15.2. The number of hydrogen-bond acceptors (Lipinski definition) is 3. The topological polar surface area (TPSA) is 56.2 Å². The Bertz CT molecular complexity index is 947. The fraction of sp³-hybridized carbons (Fsp3) is 0.440. The summed E-state index contributed by atoms with van der Waals surface area (Å²) < 4.78 is 7.44. The Morgan fingerprint density at radius 1 is 1.03 bits per heavy atom. The van der Waals surface area contributed by atoms with Crippen LogP contribution in [0.1, 0.15) is 74.6 Å². The van der Waals surface area contributed by atoms with Crippen molar-refractivity contribution in [2.45, 2.75) is 65.0 Å². The van der Waals surface area contributed by atoms with E-state index < -0.39 is 0 Å². The largest absolute Gasteiger partial charge is 0.497 e. The van der Waals surface area contributed by atoms with Gasteiger partial charge in [-0.3, -0.25) is 4.79 Å². The number of benzene rings is 2. The summed E-state index contributed by atoms with van der Waals surface area (Å²) in [6.07, 6.45) is 7.51. The van der Waals surface area contributed by atoms with E-state index in [1.165, 1.54) is 32.1 Å². The highest BCUT2D eigenvalue weighted by atomic mass is 16.5. The van der Waals surface area contributed by atoms with Crippen molar-refractivity contribution in [3.63, 3.8) is 0 Å². The monoisotopic (exact) mass is 407 g/mol. The molecule has 0 bridgehead atoms. The number of aromatic nitrogens is 2. The average molecular weight is 408 g/mol. The molecule has 0 aliphatic carbocycles. The standard InChI is InChI=1S/C25H33N3O2/c1-4-5-6-7-8-11-18-28-23-13-10-9-12-22(23)27-24(28)19(2)26-25(29)20-14-16-21(30-3)17-15-20/h9-10,12-17,19H,4-8,11,18H2,1-3H3,(H,26,29). The molecule has 0 aliphatic heterocycles. The zero-order valence-corrected chi connectivity index (χ0v) is 18.4. The highest BCUT2D eigenvalue weighted by Crippen LogP contribution is 2.22. The summed E-state index contributed by atoms with van der Waals surface area (Å²) in [5.74, 6) is 1.54. The van der Waals surface area contributed by atoms with Gasteiger partial charge in [-0.25, -0.2) is 4.98 Å². The van der Waals surface area contributed by atoms with Gasteiger partial charge in [0.15, 0.2) is 0 Å². The number of carbonyl (C=O) groups excluding carboxylic acids is 1. The second-order valence-corrected chi connectivity index (χ2v) is 7.80. The van der Waals surface area contributed by atoms with E-state index in [0.717, 1.165) is 35.6 Å². The van der Waals surface area contributed by atoms with E-state index in [1.807, 2.05) is 25.1 Å². The molecule has 0 saturated carbocycles. The van der Waals surface area contributed by atoms with Gasteiger partial charge >= 0.3 is 0 Å². The Balaban J connectivity index is 1.72. The van der Waals surface area contributed by atoms with Crippen molar-refractivity contribution in [3.8, 4) is 5.75 Å². The lowest BCUT2D eigenvalue weighted by molar-refractivity contribution is 0.0937. The van der Waals surface area contributed by atoms with Crippen LogP contribution in [0, 0.1) is 0 Å². The van der Waals surface area contributed by atoms with Gasteiger partial charge in [-0.1, -0.05) is 51.2 Å². The van der Waals surface area contributed by atoms with Crippen molar-refractivity contribution < 1.29 is 9.53 Å². The Morgan fingerprint density at radius 3 is 2.47 bits per heavy atom. The molecule has 160 valence electrons. The fourth-order valence-electron chi connectivity index (χ4n) is 3.80. The molecule has 1 N–H and O–H groups in total. The van der Waals surface area contributed by atoms with Crippen molar-refractivity contribution in [3.05, 3.63) is 59.9 Å². The molecule has 5 heteroatoms. The molecule has 3 aromatic rings. The molecular weight excluding hydrogens is 374 g/mol. The molecular formula is C25H33N3O2. The van der Waals surface area contributed by atoms with Gasteiger partial charge in [-0.2, -0.15) is 0 Å². The number of para-hydroxylation sites is 2. The van der Waals surface area contributed by atoms with Crippen LogP contribution < -0.4 is 10.1 Å². The zero-order valence-electron chi connectivity index (χ0n) is 18.4. The normalized spacial score (nSPS) is 12.1. The lowest BCUT2D eigenvalue weighted by atomic mass is 10.1. The first-order chi connectivity index (χ1) is 14.6. The second-order valence-electron chi connectivity index (χ2n) is 7.80. The van der Waals surface area contributed by atoms with Crippen LogP contribution in [0.25, 0.3) is 11.0 Å². The molecule has 0 radical (unpaired) electrons. The molecule has 0 spiro atoms. The number of carbonyl (C=O) groups is 1. The number of nitrogens with one attached hydrogen (secondary N) is 1. The number of hydrogen-bond donors (Lipinski definition) is 1. The molecule has 1 aromatic heterocycles. The molecule has 1 heterocycles. The molecule has 0 aliphatic rings. The highest BCUT2D eigenvalue weighted by molar-refractivity contribution is 5.94. The number of methoxy groups -OCH3 is 1.